The van der Waals surface area contributed by atoms with Crippen LogP contribution in [-0.4, -0.2) is 24.1 Å². The van der Waals surface area contributed by atoms with Crippen LogP contribution < -0.4 is 4.74 Å². The smallest absolute Gasteiger partial charge is 0.167 e. The normalized spacial score (nSPS) is 15.4. The molecule has 3 aromatic rings. The fraction of sp³-hybridized carbons (Fsp3) is 0.200. The molecule has 1 saturated heterocycles. The molecule has 0 amide bonds. The number of hydrogen-bond donors (Lipinski definition) is 0. The van der Waals surface area contributed by atoms with Crippen LogP contribution in [0.25, 0.3) is 10.8 Å². The molecular weight excluding hydrogens is 308 g/mol. The average molecular weight is 325 g/mol. The van der Waals surface area contributed by atoms with E-state index in [0.717, 1.165) is 25.7 Å². The number of halogens is 2. The summed E-state index contributed by atoms with van der Waals surface area (Å²) in [6.45, 7) is 2.31. The first kappa shape index (κ1) is 15.1. The van der Waals surface area contributed by atoms with Crippen molar-refractivity contribution in [2.75, 3.05) is 13.1 Å². The van der Waals surface area contributed by atoms with Crippen molar-refractivity contribution < 1.29 is 13.5 Å². The minimum atomic E-state index is -0.650. The summed E-state index contributed by atoms with van der Waals surface area (Å²) in [5.74, 6) is -1.13. The summed E-state index contributed by atoms with van der Waals surface area (Å²) in [5, 5.41) is 2.49. The average Bonchev–Trinajstić information content (AvgIpc) is 2.55. The third-order valence-electron chi connectivity index (χ3n) is 4.39. The van der Waals surface area contributed by atoms with Gasteiger partial charge in [-0.3, -0.25) is 4.90 Å². The Kier molecular flexibility index (Phi) is 3.90. The van der Waals surface area contributed by atoms with Crippen molar-refractivity contribution >= 4 is 10.8 Å². The van der Waals surface area contributed by atoms with Crippen molar-refractivity contribution in [3.05, 3.63) is 77.9 Å². The molecule has 1 fully saturated rings. The van der Waals surface area contributed by atoms with Crippen LogP contribution in [-0.2, 0) is 6.54 Å². The van der Waals surface area contributed by atoms with Crippen LogP contribution in [0.15, 0.2) is 60.7 Å². The zero-order valence-electron chi connectivity index (χ0n) is 13.1. The Balaban J connectivity index is 1.39. The van der Waals surface area contributed by atoms with Gasteiger partial charge in [-0.2, -0.15) is 0 Å². The van der Waals surface area contributed by atoms with Crippen LogP contribution in [0.3, 0.4) is 0 Å². The van der Waals surface area contributed by atoms with Gasteiger partial charge in [0.25, 0.3) is 0 Å². The second-order valence-electron chi connectivity index (χ2n) is 6.15. The van der Waals surface area contributed by atoms with Crippen molar-refractivity contribution in [3.8, 4) is 5.75 Å². The second kappa shape index (κ2) is 6.21. The third kappa shape index (κ3) is 2.97. The molecule has 0 atom stereocenters. The maximum absolute atomic E-state index is 13.6. The van der Waals surface area contributed by atoms with Crippen LogP contribution in [0.2, 0.25) is 0 Å². The van der Waals surface area contributed by atoms with Crippen LogP contribution in [0.5, 0.6) is 5.75 Å². The molecule has 0 spiro atoms. The zero-order chi connectivity index (χ0) is 16.5. The van der Waals surface area contributed by atoms with E-state index in [-0.39, 0.29) is 11.9 Å². The van der Waals surface area contributed by atoms with E-state index in [1.54, 1.807) is 0 Å². The number of likely N-dealkylation sites (tertiary alicyclic amines) is 1. The highest BCUT2D eigenvalue weighted by atomic mass is 19.1. The maximum Gasteiger partial charge on any atom is 0.167 e. The Hall–Kier alpha value is -2.46. The van der Waals surface area contributed by atoms with Crippen LogP contribution >= 0.6 is 0 Å². The van der Waals surface area contributed by atoms with E-state index >= 15 is 0 Å². The lowest BCUT2D eigenvalue weighted by molar-refractivity contribution is 0.0125. The number of fused-ring (bicyclic) bond motifs is 1. The van der Waals surface area contributed by atoms with Crippen LogP contribution in [0.4, 0.5) is 8.78 Å². The Labute approximate surface area is 139 Å². The first-order valence-electron chi connectivity index (χ1n) is 8.00. The third-order valence-corrected chi connectivity index (χ3v) is 4.39. The summed E-state index contributed by atoms with van der Waals surface area (Å²) in [5.41, 5.74) is 1.28. The van der Waals surface area contributed by atoms with Gasteiger partial charge < -0.3 is 4.74 Å². The lowest BCUT2D eigenvalue weighted by Crippen LogP contribution is -2.53. The second-order valence-corrected chi connectivity index (χ2v) is 6.15. The number of benzene rings is 3. The number of nitrogens with zero attached hydrogens (tertiary/aromatic N) is 1. The highest BCUT2D eigenvalue weighted by Crippen LogP contribution is 2.25. The van der Waals surface area contributed by atoms with Gasteiger partial charge in [0.05, 0.1) is 0 Å². The monoisotopic (exact) mass is 325 g/mol. The van der Waals surface area contributed by atoms with Crippen LogP contribution in [0.1, 0.15) is 5.56 Å². The highest BCUT2D eigenvalue weighted by molar-refractivity contribution is 5.85. The van der Waals surface area contributed by atoms with Gasteiger partial charge >= 0.3 is 0 Å². The van der Waals surface area contributed by atoms with Crippen molar-refractivity contribution in [1.82, 2.24) is 4.90 Å². The van der Waals surface area contributed by atoms with Gasteiger partial charge in [0.2, 0.25) is 0 Å². The standard InChI is InChI=1S/C20H17F2NO/c21-16-8-9-20(19(22)10-16)24-17-12-23(13-17)11-15-6-3-5-14-4-1-2-7-18(14)15/h1-10,17H,11-13H2. The van der Waals surface area contributed by atoms with E-state index in [4.69, 9.17) is 4.74 Å². The summed E-state index contributed by atoms with van der Waals surface area (Å²) in [7, 11) is 0. The van der Waals surface area contributed by atoms with Crippen molar-refractivity contribution in [3.63, 3.8) is 0 Å². The molecule has 0 saturated carbocycles. The molecule has 0 aromatic heterocycles. The van der Waals surface area contributed by atoms with E-state index in [2.05, 4.69) is 35.2 Å². The van der Waals surface area contributed by atoms with Gasteiger partial charge in [-0.25, -0.2) is 8.78 Å². The Bertz CT molecular complexity index is 869. The summed E-state index contributed by atoms with van der Waals surface area (Å²) >= 11 is 0. The van der Waals surface area contributed by atoms with E-state index in [0.29, 0.717) is 0 Å². The van der Waals surface area contributed by atoms with Gasteiger partial charge in [-0.05, 0) is 28.5 Å². The van der Waals surface area contributed by atoms with Gasteiger partial charge in [-0.1, -0.05) is 42.5 Å². The number of ether oxygens (including phenoxy) is 1. The molecule has 4 heteroatoms. The molecule has 4 rings (SSSR count). The molecule has 0 N–H and O–H groups in total. The molecule has 0 aliphatic carbocycles. The SMILES string of the molecule is Fc1ccc(OC2CN(Cc3cccc4ccccc34)C2)c(F)c1. The fourth-order valence-corrected chi connectivity index (χ4v) is 3.15. The van der Waals surface area contributed by atoms with Crippen molar-refractivity contribution in [2.24, 2.45) is 0 Å². The molecule has 24 heavy (non-hydrogen) atoms. The van der Waals surface area contributed by atoms with E-state index in [1.165, 1.54) is 28.5 Å². The quantitative estimate of drug-likeness (QED) is 0.706. The summed E-state index contributed by atoms with van der Waals surface area (Å²) < 4.78 is 32.1. The zero-order valence-corrected chi connectivity index (χ0v) is 13.1. The van der Waals surface area contributed by atoms with Crippen molar-refractivity contribution in [1.29, 1.82) is 0 Å². The summed E-state index contributed by atoms with van der Waals surface area (Å²) in [6.07, 6.45) is -0.0556. The minimum Gasteiger partial charge on any atom is -0.485 e. The molecule has 0 bridgehead atoms. The van der Waals surface area contributed by atoms with E-state index < -0.39 is 11.6 Å². The van der Waals surface area contributed by atoms with E-state index in [1.807, 2.05) is 12.1 Å². The summed E-state index contributed by atoms with van der Waals surface area (Å²) in [6, 6.07) is 18.0. The molecule has 3 aromatic carbocycles. The molecule has 2 nitrogen and oxygen atoms in total. The molecule has 122 valence electrons. The fourth-order valence-electron chi connectivity index (χ4n) is 3.15. The predicted molar refractivity (Wildman–Crippen MR) is 90.0 cm³/mol. The van der Waals surface area contributed by atoms with E-state index in [9.17, 15) is 8.78 Å². The van der Waals surface area contributed by atoms with Gasteiger partial charge in [-0.15, -0.1) is 0 Å². The molecule has 1 aliphatic heterocycles. The largest absolute Gasteiger partial charge is 0.485 e. The Morgan fingerprint density at radius 3 is 2.58 bits per heavy atom. The molecule has 1 aliphatic rings. The lowest BCUT2D eigenvalue weighted by atomic mass is 10.0. The Morgan fingerprint density at radius 1 is 0.958 bits per heavy atom. The Morgan fingerprint density at radius 2 is 1.75 bits per heavy atom. The maximum atomic E-state index is 13.6. The molecule has 0 unspecified atom stereocenters. The summed E-state index contributed by atoms with van der Waals surface area (Å²) in [4.78, 5) is 2.26. The minimum absolute atomic E-state index is 0.0556. The van der Waals surface area contributed by atoms with Gasteiger partial charge in [0.1, 0.15) is 11.9 Å². The topological polar surface area (TPSA) is 12.5 Å². The lowest BCUT2D eigenvalue weighted by Gasteiger charge is -2.39. The van der Waals surface area contributed by atoms with Gasteiger partial charge in [0, 0.05) is 25.7 Å². The van der Waals surface area contributed by atoms with Crippen LogP contribution in [0, 0.1) is 11.6 Å². The molecule has 0 radical (unpaired) electrons. The van der Waals surface area contributed by atoms with Gasteiger partial charge in [0.15, 0.2) is 11.6 Å². The predicted octanol–water partition coefficient (Wildman–Crippen LogP) is 4.38. The first-order valence-corrected chi connectivity index (χ1v) is 8.00. The highest BCUT2D eigenvalue weighted by Gasteiger charge is 2.29. The number of hydrogen-bond acceptors (Lipinski definition) is 2. The first-order chi connectivity index (χ1) is 11.7. The van der Waals surface area contributed by atoms with Crippen molar-refractivity contribution in [2.45, 2.75) is 12.6 Å². The molecule has 1 heterocycles. The molecular formula is C20H17F2NO. The number of rotatable bonds is 4.